The molecule has 2 N–H and O–H groups in total. The third-order valence-electron chi connectivity index (χ3n) is 2.81. The van der Waals surface area contributed by atoms with Gasteiger partial charge >= 0.3 is 6.01 Å². The standard InChI is InChI=1S/C13H15N3O/c1-8-4-11(14)5-12(9(8)2)10-6-15-13(17-3)16-7-10/h4-7H,14H2,1-3H3. The monoisotopic (exact) mass is 229 g/mol. The van der Waals surface area contributed by atoms with Crippen LogP contribution in [0.4, 0.5) is 5.69 Å². The zero-order chi connectivity index (χ0) is 12.4. The van der Waals surface area contributed by atoms with Crippen LogP contribution in [0.2, 0.25) is 0 Å². The fourth-order valence-corrected chi connectivity index (χ4v) is 1.75. The number of rotatable bonds is 2. The average Bonchev–Trinajstić information content (AvgIpc) is 2.34. The molecule has 1 heterocycles. The van der Waals surface area contributed by atoms with Crippen LogP contribution in [0.15, 0.2) is 24.5 Å². The fraction of sp³-hybridized carbons (Fsp3) is 0.231. The molecule has 4 nitrogen and oxygen atoms in total. The van der Waals surface area contributed by atoms with Crippen molar-refractivity contribution in [2.75, 3.05) is 12.8 Å². The van der Waals surface area contributed by atoms with E-state index in [0.29, 0.717) is 6.01 Å². The first kappa shape index (κ1) is 11.4. The van der Waals surface area contributed by atoms with Gasteiger partial charge in [0, 0.05) is 23.6 Å². The van der Waals surface area contributed by atoms with Gasteiger partial charge in [0.1, 0.15) is 0 Å². The van der Waals surface area contributed by atoms with Gasteiger partial charge in [-0.2, -0.15) is 0 Å². The van der Waals surface area contributed by atoms with E-state index in [1.165, 1.54) is 5.56 Å². The molecule has 0 saturated carbocycles. The molecule has 0 fully saturated rings. The highest BCUT2D eigenvalue weighted by Gasteiger charge is 2.07. The molecule has 2 aromatic rings. The first-order valence-electron chi connectivity index (χ1n) is 5.35. The van der Waals surface area contributed by atoms with Crippen molar-refractivity contribution in [1.29, 1.82) is 0 Å². The van der Waals surface area contributed by atoms with Crippen LogP contribution in [0.1, 0.15) is 11.1 Å². The highest BCUT2D eigenvalue weighted by atomic mass is 16.5. The summed E-state index contributed by atoms with van der Waals surface area (Å²) in [6, 6.07) is 4.27. The summed E-state index contributed by atoms with van der Waals surface area (Å²) in [6.45, 7) is 4.11. The Bertz CT molecular complexity index is 535. The number of methoxy groups -OCH3 is 1. The summed E-state index contributed by atoms with van der Waals surface area (Å²) in [6.07, 6.45) is 3.49. The van der Waals surface area contributed by atoms with Crippen molar-refractivity contribution in [1.82, 2.24) is 9.97 Å². The molecule has 0 aliphatic carbocycles. The maximum atomic E-state index is 5.86. The molecule has 1 aromatic heterocycles. The van der Waals surface area contributed by atoms with Crippen molar-refractivity contribution in [3.8, 4) is 17.1 Å². The SMILES string of the molecule is COc1ncc(-c2cc(N)cc(C)c2C)cn1. The Labute approximate surface area is 100 Å². The van der Waals surface area contributed by atoms with E-state index >= 15 is 0 Å². The average molecular weight is 229 g/mol. The van der Waals surface area contributed by atoms with E-state index in [2.05, 4.69) is 16.9 Å². The Balaban J connectivity index is 2.52. The van der Waals surface area contributed by atoms with Crippen molar-refractivity contribution in [2.24, 2.45) is 0 Å². The van der Waals surface area contributed by atoms with Gasteiger partial charge in [-0.1, -0.05) is 0 Å². The lowest BCUT2D eigenvalue weighted by atomic mass is 9.98. The molecule has 4 heteroatoms. The van der Waals surface area contributed by atoms with Crippen molar-refractivity contribution in [3.05, 3.63) is 35.7 Å². The van der Waals surface area contributed by atoms with Crippen LogP contribution in [0.3, 0.4) is 0 Å². The van der Waals surface area contributed by atoms with Crippen LogP contribution < -0.4 is 10.5 Å². The molecule has 0 amide bonds. The van der Waals surface area contributed by atoms with E-state index in [-0.39, 0.29) is 0 Å². The van der Waals surface area contributed by atoms with Crippen molar-refractivity contribution in [2.45, 2.75) is 13.8 Å². The zero-order valence-electron chi connectivity index (χ0n) is 10.2. The number of aryl methyl sites for hydroxylation is 1. The Morgan fingerprint density at radius 3 is 2.35 bits per heavy atom. The molecule has 17 heavy (non-hydrogen) atoms. The predicted octanol–water partition coefficient (Wildman–Crippen LogP) is 2.35. The molecule has 1 aromatic carbocycles. The molecule has 0 aliphatic heterocycles. The lowest BCUT2D eigenvalue weighted by Gasteiger charge is -2.10. The second-order valence-electron chi connectivity index (χ2n) is 3.97. The number of aromatic nitrogens is 2. The highest BCUT2D eigenvalue weighted by molar-refractivity contribution is 5.71. The number of hydrogen-bond donors (Lipinski definition) is 1. The van der Waals surface area contributed by atoms with Gasteiger partial charge in [-0.05, 0) is 42.7 Å². The lowest BCUT2D eigenvalue weighted by Crippen LogP contribution is -1.95. The fourth-order valence-electron chi connectivity index (χ4n) is 1.75. The summed E-state index contributed by atoms with van der Waals surface area (Å²) in [7, 11) is 1.55. The second kappa shape index (κ2) is 4.41. The third kappa shape index (κ3) is 2.20. The van der Waals surface area contributed by atoms with E-state index in [1.807, 2.05) is 19.1 Å². The number of nitrogen functional groups attached to an aromatic ring is 1. The Morgan fingerprint density at radius 1 is 1.12 bits per heavy atom. The van der Waals surface area contributed by atoms with E-state index in [4.69, 9.17) is 10.5 Å². The molecule has 0 saturated heterocycles. The van der Waals surface area contributed by atoms with Gasteiger partial charge in [0.05, 0.1) is 7.11 Å². The molecular formula is C13H15N3O. The van der Waals surface area contributed by atoms with Gasteiger partial charge in [-0.3, -0.25) is 0 Å². The minimum atomic E-state index is 0.368. The predicted molar refractivity (Wildman–Crippen MR) is 67.9 cm³/mol. The van der Waals surface area contributed by atoms with Gasteiger partial charge in [0.25, 0.3) is 0 Å². The third-order valence-corrected chi connectivity index (χ3v) is 2.81. The molecule has 0 aliphatic rings. The normalized spacial score (nSPS) is 10.3. The Kier molecular flexibility index (Phi) is 2.95. The van der Waals surface area contributed by atoms with Crippen LogP contribution in [0, 0.1) is 13.8 Å². The summed E-state index contributed by atoms with van der Waals surface area (Å²) in [4.78, 5) is 8.20. The number of anilines is 1. The summed E-state index contributed by atoms with van der Waals surface area (Å²) in [5, 5.41) is 0. The minimum Gasteiger partial charge on any atom is -0.467 e. The number of benzene rings is 1. The molecular weight excluding hydrogens is 214 g/mol. The number of nitrogens with zero attached hydrogens (tertiary/aromatic N) is 2. The molecule has 88 valence electrons. The van der Waals surface area contributed by atoms with Crippen molar-refractivity contribution in [3.63, 3.8) is 0 Å². The van der Waals surface area contributed by atoms with E-state index in [0.717, 1.165) is 22.4 Å². The van der Waals surface area contributed by atoms with Crippen molar-refractivity contribution >= 4 is 5.69 Å². The van der Waals surface area contributed by atoms with Crippen LogP contribution in [-0.4, -0.2) is 17.1 Å². The van der Waals surface area contributed by atoms with Crippen LogP contribution in [-0.2, 0) is 0 Å². The minimum absolute atomic E-state index is 0.368. The molecule has 0 spiro atoms. The van der Waals surface area contributed by atoms with E-state index in [1.54, 1.807) is 19.5 Å². The summed E-state index contributed by atoms with van der Waals surface area (Å²) >= 11 is 0. The van der Waals surface area contributed by atoms with Crippen LogP contribution in [0.5, 0.6) is 6.01 Å². The summed E-state index contributed by atoms with van der Waals surface area (Å²) in [5.41, 5.74) is 11.0. The highest BCUT2D eigenvalue weighted by Crippen LogP contribution is 2.27. The van der Waals surface area contributed by atoms with Crippen LogP contribution in [0.25, 0.3) is 11.1 Å². The quantitative estimate of drug-likeness (QED) is 0.803. The van der Waals surface area contributed by atoms with E-state index < -0.39 is 0 Å². The molecule has 0 atom stereocenters. The number of nitrogens with two attached hydrogens (primary N) is 1. The molecule has 2 rings (SSSR count). The molecule has 0 radical (unpaired) electrons. The van der Waals surface area contributed by atoms with Gasteiger partial charge in [0.15, 0.2) is 0 Å². The number of hydrogen-bond acceptors (Lipinski definition) is 4. The molecule has 0 unspecified atom stereocenters. The first-order chi connectivity index (χ1) is 8.11. The second-order valence-corrected chi connectivity index (χ2v) is 3.97. The van der Waals surface area contributed by atoms with Crippen molar-refractivity contribution < 1.29 is 4.74 Å². The first-order valence-corrected chi connectivity index (χ1v) is 5.35. The zero-order valence-corrected chi connectivity index (χ0v) is 10.2. The summed E-state index contributed by atoms with van der Waals surface area (Å²) < 4.78 is 4.94. The van der Waals surface area contributed by atoms with E-state index in [9.17, 15) is 0 Å². The lowest BCUT2D eigenvalue weighted by molar-refractivity contribution is 0.380. The molecule has 0 bridgehead atoms. The van der Waals surface area contributed by atoms with Gasteiger partial charge in [-0.25, -0.2) is 9.97 Å². The van der Waals surface area contributed by atoms with Gasteiger partial charge < -0.3 is 10.5 Å². The van der Waals surface area contributed by atoms with Gasteiger partial charge in [-0.15, -0.1) is 0 Å². The Morgan fingerprint density at radius 2 is 1.76 bits per heavy atom. The smallest absolute Gasteiger partial charge is 0.316 e. The van der Waals surface area contributed by atoms with Crippen LogP contribution >= 0.6 is 0 Å². The largest absolute Gasteiger partial charge is 0.467 e. The Hall–Kier alpha value is -2.10. The number of ether oxygens (including phenoxy) is 1. The maximum Gasteiger partial charge on any atom is 0.316 e. The maximum absolute atomic E-state index is 5.86. The summed E-state index contributed by atoms with van der Waals surface area (Å²) in [5.74, 6) is 0. The topological polar surface area (TPSA) is 61.0 Å². The van der Waals surface area contributed by atoms with Gasteiger partial charge in [0.2, 0.25) is 0 Å².